The van der Waals surface area contributed by atoms with Crippen molar-refractivity contribution < 1.29 is 9.31 Å². The third-order valence-electron chi connectivity index (χ3n) is 3.84. The second kappa shape index (κ2) is 4.42. The van der Waals surface area contributed by atoms with Gasteiger partial charge in [0.15, 0.2) is 0 Å². The van der Waals surface area contributed by atoms with E-state index >= 15 is 0 Å². The Morgan fingerprint density at radius 2 is 1.78 bits per heavy atom. The first-order valence-electron chi connectivity index (χ1n) is 6.19. The molecule has 0 radical (unpaired) electrons. The lowest BCUT2D eigenvalue weighted by molar-refractivity contribution is 0.00578. The van der Waals surface area contributed by atoms with Gasteiger partial charge in [0.2, 0.25) is 0 Å². The van der Waals surface area contributed by atoms with Crippen LogP contribution >= 0.6 is 0 Å². The summed E-state index contributed by atoms with van der Waals surface area (Å²) in [6.45, 7) is 8.05. The summed E-state index contributed by atoms with van der Waals surface area (Å²) < 4.78 is 12.0. The standard InChI is InChI=1S/C14H18BNO2/c1-13(2)14(3,4)18-15(17-13)12-9-7-5-6-8-11(12)10-16/h5-7,9H,8H2,1-4H3. The van der Waals surface area contributed by atoms with Crippen LogP contribution in [0.15, 0.2) is 35.3 Å². The Balaban J connectivity index is 2.34. The average Bonchev–Trinajstić information content (AvgIpc) is 2.47. The predicted molar refractivity (Wildman–Crippen MR) is 71.6 cm³/mol. The Hall–Kier alpha value is -1.31. The summed E-state index contributed by atoms with van der Waals surface area (Å²) in [5.41, 5.74) is 0.789. The number of hydrogen-bond acceptors (Lipinski definition) is 3. The molecule has 0 atom stereocenters. The Morgan fingerprint density at radius 1 is 1.17 bits per heavy atom. The second-order valence-electron chi connectivity index (χ2n) is 5.63. The van der Waals surface area contributed by atoms with Crippen molar-refractivity contribution in [1.82, 2.24) is 0 Å². The molecule has 0 unspecified atom stereocenters. The Morgan fingerprint density at radius 3 is 2.33 bits per heavy atom. The molecule has 0 saturated carbocycles. The fourth-order valence-corrected chi connectivity index (χ4v) is 1.94. The zero-order valence-corrected chi connectivity index (χ0v) is 11.4. The van der Waals surface area contributed by atoms with E-state index in [-0.39, 0.29) is 11.2 Å². The smallest absolute Gasteiger partial charge is 0.399 e. The van der Waals surface area contributed by atoms with Crippen LogP contribution in [0.4, 0.5) is 0 Å². The van der Waals surface area contributed by atoms with E-state index < -0.39 is 7.12 Å². The first-order valence-corrected chi connectivity index (χ1v) is 6.19. The number of nitrogens with zero attached hydrogens (tertiary/aromatic N) is 1. The fraction of sp³-hybridized carbons (Fsp3) is 0.500. The first kappa shape index (κ1) is 13.1. The molecule has 0 spiro atoms. The van der Waals surface area contributed by atoms with Gasteiger partial charge in [0, 0.05) is 12.0 Å². The lowest BCUT2D eigenvalue weighted by Crippen LogP contribution is -2.41. The summed E-state index contributed by atoms with van der Waals surface area (Å²) in [5.74, 6) is 0. The van der Waals surface area contributed by atoms with Crippen LogP contribution in [0.1, 0.15) is 34.1 Å². The van der Waals surface area contributed by atoms with Crippen molar-refractivity contribution in [2.24, 2.45) is 0 Å². The fourth-order valence-electron chi connectivity index (χ4n) is 1.94. The van der Waals surface area contributed by atoms with Crippen molar-refractivity contribution >= 4 is 7.12 Å². The largest absolute Gasteiger partial charge is 0.495 e. The van der Waals surface area contributed by atoms with Crippen molar-refractivity contribution in [3.8, 4) is 6.07 Å². The highest BCUT2D eigenvalue weighted by molar-refractivity contribution is 6.56. The number of hydrogen-bond donors (Lipinski definition) is 0. The Kier molecular flexibility index (Phi) is 3.22. The van der Waals surface area contributed by atoms with Crippen molar-refractivity contribution in [2.75, 3.05) is 0 Å². The highest BCUT2D eigenvalue weighted by atomic mass is 16.7. The summed E-state index contributed by atoms with van der Waals surface area (Å²) >= 11 is 0. The van der Waals surface area contributed by atoms with E-state index in [1.54, 1.807) is 0 Å². The van der Waals surface area contributed by atoms with Crippen LogP contribution in [0.2, 0.25) is 0 Å². The molecule has 2 rings (SSSR count). The second-order valence-corrected chi connectivity index (χ2v) is 5.63. The van der Waals surface area contributed by atoms with Crippen LogP contribution in [0.25, 0.3) is 0 Å². The molecule has 94 valence electrons. The van der Waals surface area contributed by atoms with Crippen LogP contribution < -0.4 is 0 Å². The van der Waals surface area contributed by atoms with E-state index in [1.807, 2.05) is 52.0 Å². The number of rotatable bonds is 1. The summed E-state index contributed by atoms with van der Waals surface area (Å²) in [6, 6.07) is 2.24. The van der Waals surface area contributed by atoms with E-state index in [4.69, 9.17) is 9.31 Å². The van der Waals surface area contributed by atoms with Gasteiger partial charge in [0.25, 0.3) is 0 Å². The maximum Gasteiger partial charge on any atom is 0.495 e. The lowest BCUT2D eigenvalue weighted by atomic mass is 9.75. The highest BCUT2D eigenvalue weighted by Crippen LogP contribution is 2.39. The van der Waals surface area contributed by atoms with E-state index in [0.29, 0.717) is 12.0 Å². The molecule has 4 heteroatoms. The summed E-state index contributed by atoms with van der Waals surface area (Å²) in [5, 5.41) is 9.22. The molecule has 0 aromatic rings. The maximum absolute atomic E-state index is 9.22. The van der Waals surface area contributed by atoms with Gasteiger partial charge < -0.3 is 9.31 Å². The predicted octanol–water partition coefficient (Wildman–Crippen LogP) is 2.95. The molecule has 1 fully saturated rings. The number of allylic oxidation sites excluding steroid dienone is 6. The van der Waals surface area contributed by atoms with Crippen LogP contribution in [0.3, 0.4) is 0 Å². The van der Waals surface area contributed by atoms with E-state index in [0.717, 1.165) is 5.47 Å². The normalized spacial score (nSPS) is 25.2. The zero-order chi connectivity index (χ0) is 13.4. The van der Waals surface area contributed by atoms with Crippen molar-refractivity contribution in [3.05, 3.63) is 35.3 Å². The minimum absolute atomic E-state index is 0.376. The molecule has 1 saturated heterocycles. The third-order valence-corrected chi connectivity index (χ3v) is 3.84. The minimum atomic E-state index is -0.458. The van der Waals surface area contributed by atoms with E-state index in [2.05, 4.69) is 6.07 Å². The topological polar surface area (TPSA) is 42.2 Å². The molecular formula is C14H18BNO2. The van der Waals surface area contributed by atoms with E-state index in [9.17, 15) is 5.26 Å². The van der Waals surface area contributed by atoms with Gasteiger partial charge in [-0.1, -0.05) is 24.3 Å². The molecule has 1 aliphatic carbocycles. The molecule has 0 N–H and O–H groups in total. The first-order chi connectivity index (χ1) is 8.37. The van der Waals surface area contributed by atoms with Crippen molar-refractivity contribution in [2.45, 2.75) is 45.3 Å². The van der Waals surface area contributed by atoms with Gasteiger partial charge in [0.05, 0.1) is 17.3 Å². The zero-order valence-electron chi connectivity index (χ0n) is 11.4. The Labute approximate surface area is 109 Å². The molecule has 18 heavy (non-hydrogen) atoms. The highest BCUT2D eigenvalue weighted by Gasteiger charge is 2.52. The number of nitriles is 1. The monoisotopic (exact) mass is 243 g/mol. The molecular weight excluding hydrogens is 225 g/mol. The van der Waals surface area contributed by atoms with Gasteiger partial charge in [-0.15, -0.1) is 0 Å². The third kappa shape index (κ3) is 2.16. The van der Waals surface area contributed by atoms with Crippen molar-refractivity contribution in [3.63, 3.8) is 0 Å². The lowest BCUT2D eigenvalue weighted by Gasteiger charge is -2.32. The summed E-state index contributed by atoms with van der Waals surface area (Å²) in [7, 11) is -0.458. The quantitative estimate of drug-likeness (QED) is 0.665. The average molecular weight is 243 g/mol. The molecule has 0 amide bonds. The molecule has 0 bridgehead atoms. The molecule has 0 aromatic heterocycles. The molecule has 3 nitrogen and oxygen atoms in total. The summed E-state index contributed by atoms with van der Waals surface area (Å²) in [4.78, 5) is 0. The molecule has 1 aliphatic heterocycles. The molecule has 0 aromatic carbocycles. The minimum Gasteiger partial charge on any atom is -0.399 e. The van der Waals surface area contributed by atoms with Crippen LogP contribution in [0, 0.1) is 11.3 Å². The van der Waals surface area contributed by atoms with Crippen LogP contribution in [0.5, 0.6) is 0 Å². The SMILES string of the molecule is CC1(C)OB(C2=C(C#N)CC=CC=C2)OC1(C)C. The summed E-state index contributed by atoms with van der Waals surface area (Å²) in [6.07, 6.45) is 8.36. The molecule has 2 aliphatic rings. The Bertz CT molecular complexity index is 465. The van der Waals surface area contributed by atoms with Crippen molar-refractivity contribution in [1.29, 1.82) is 5.26 Å². The molecule has 1 heterocycles. The van der Waals surface area contributed by atoms with Crippen LogP contribution in [-0.4, -0.2) is 18.3 Å². The van der Waals surface area contributed by atoms with Gasteiger partial charge in [-0.25, -0.2) is 0 Å². The van der Waals surface area contributed by atoms with Gasteiger partial charge in [0.1, 0.15) is 0 Å². The van der Waals surface area contributed by atoms with E-state index in [1.165, 1.54) is 0 Å². The van der Waals surface area contributed by atoms with Gasteiger partial charge in [-0.05, 0) is 33.2 Å². The van der Waals surface area contributed by atoms with Gasteiger partial charge in [-0.3, -0.25) is 0 Å². The maximum atomic E-state index is 9.22. The van der Waals surface area contributed by atoms with Gasteiger partial charge in [-0.2, -0.15) is 5.26 Å². The van der Waals surface area contributed by atoms with Gasteiger partial charge >= 0.3 is 7.12 Å². The van der Waals surface area contributed by atoms with Crippen LogP contribution in [-0.2, 0) is 9.31 Å².